The van der Waals surface area contributed by atoms with Gasteiger partial charge < -0.3 is 19.4 Å². The molecule has 22 heavy (non-hydrogen) atoms. The minimum Gasteiger partial charge on any atom is -0.467 e. The Bertz CT molecular complexity index is 558. The van der Waals surface area contributed by atoms with Crippen molar-refractivity contribution in [3.05, 3.63) is 16.6 Å². The number of nitrogens with one attached hydrogen (secondary N) is 1. The lowest BCUT2D eigenvalue weighted by Gasteiger charge is -2.56. The van der Waals surface area contributed by atoms with Gasteiger partial charge in [0.2, 0.25) is 0 Å². The normalized spacial score (nSPS) is 22.3. The highest BCUT2D eigenvalue weighted by Gasteiger charge is 2.58. The first-order valence-corrected chi connectivity index (χ1v) is 8.39. The predicted octanol–water partition coefficient (Wildman–Crippen LogP) is 1.73. The monoisotopic (exact) mass is 371 g/mol. The molecule has 1 aliphatic carbocycles. The van der Waals surface area contributed by atoms with Gasteiger partial charge >= 0.3 is 5.97 Å². The van der Waals surface area contributed by atoms with Crippen LogP contribution < -0.4 is 5.32 Å². The van der Waals surface area contributed by atoms with E-state index >= 15 is 0 Å². The maximum Gasteiger partial charge on any atom is 0.331 e. The topological polar surface area (TPSA) is 65.4 Å². The van der Waals surface area contributed by atoms with Gasteiger partial charge in [-0.1, -0.05) is 0 Å². The molecule has 1 aromatic rings. The largest absolute Gasteiger partial charge is 0.467 e. The summed E-state index contributed by atoms with van der Waals surface area (Å²) in [6.45, 7) is 2.07. The van der Waals surface area contributed by atoms with Crippen LogP contribution in [0, 0.1) is 5.41 Å². The van der Waals surface area contributed by atoms with Crippen molar-refractivity contribution in [2.45, 2.75) is 31.3 Å². The molecule has 1 aromatic heterocycles. The maximum atomic E-state index is 11.5. The Morgan fingerprint density at radius 3 is 2.68 bits per heavy atom. The summed E-state index contributed by atoms with van der Waals surface area (Å²) >= 11 is 3.42. The third kappa shape index (κ3) is 2.81. The van der Waals surface area contributed by atoms with Crippen LogP contribution in [0.2, 0.25) is 0 Å². The summed E-state index contributed by atoms with van der Waals surface area (Å²) in [4.78, 5) is 16.1. The number of halogens is 1. The molecule has 1 saturated heterocycles. The smallest absolute Gasteiger partial charge is 0.331 e. The second kappa shape index (κ2) is 5.94. The van der Waals surface area contributed by atoms with Gasteiger partial charge in [0, 0.05) is 13.2 Å². The molecule has 1 spiro atoms. The SMILES string of the molecule is COC(=O)COC1(c2nc(Br)cn2C)CC2(CCNCC2)C1. The number of hydrogen-bond donors (Lipinski definition) is 1. The number of nitrogens with zero attached hydrogens (tertiary/aromatic N) is 2. The zero-order valence-electron chi connectivity index (χ0n) is 13.0. The molecular formula is C15H22BrN3O3. The van der Waals surface area contributed by atoms with Crippen molar-refractivity contribution >= 4 is 21.9 Å². The Hall–Kier alpha value is -0.920. The molecule has 2 heterocycles. The third-order valence-corrected chi connectivity index (χ3v) is 5.32. The highest BCUT2D eigenvalue weighted by Crippen LogP contribution is 2.60. The van der Waals surface area contributed by atoms with Gasteiger partial charge in [-0.15, -0.1) is 0 Å². The lowest BCUT2D eigenvalue weighted by atomic mass is 9.55. The molecule has 3 rings (SSSR count). The first-order chi connectivity index (χ1) is 10.5. The molecule has 7 heteroatoms. The second-order valence-corrected chi connectivity index (χ2v) is 7.27. The van der Waals surface area contributed by atoms with E-state index in [0.717, 1.165) is 49.2 Å². The third-order valence-electron chi connectivity index (χ3n) is 4.93. The van der Waals surface area contributed by atoms with E-state index < -0.39 is 5.60 Å². The van der Waals surface area contributed by atoms with Crippen LogP contribution in [-0.4, -0.2) is 42.3 Å². The zero-order valence-corrected chi connectivity index (χ0v) is 14.6. The van der Waals surface area contributed by atoms with E-state index in [4.69, 9.17) is 9.47 Å². The molecule has 1 N–H and O–H groups in total. The molecule has 0 aromatic carbocycles. The number of carbonyl (C=O) groups excluding carboxylic acids is 1. The fourth-order valence-corrected chi connectivity index (χ4v) is 4.38. The number of methoxy groups -OCH3 is 1. The number of piperidine rings is 1. The van der Waals surface area contributed by atoms with Crippen LogP contribution in [0.15, 0.2) is 10.8 Å². The number of imidazole rings is 1. The molecule has 2 fully saturated rings. The van der Waals surface area contributed by atoms with Gasteiger partial charge in [-0.25, -0.2) is 9.78 Å². The molecule has 0 amide bonds. The molecule has 2 aliphatic rings. The Balaban J connectivity index is 1.81. The summed E-state index contributed by atoms with van der Waals surface area (Å²) in [6.07, 6.45) is 6.06. The van der Waals surface area contributed by atoms with Gasteiger partial charge in [-0.2, -0.15) is 0 Å². The van der Waals surface area contributed by atoms with Gasteiger partial charge in [0.25, 0.3) is 0 Å². The van der Waals surface area contributed by atoms with Gasteiger partial charge in [0.05, 0.1) is 7.11 Å². The van der Waals surface area contributed by atoms with E-state index in [0.29, 0.717) is 5.41 Å². The Kier molecular flexibility index (Phi) is 4.31. The van der Waals surface area contributed by atoms with Crippen molar-refractivity contribution in [3.63, 3.8) is 0 Å². The number of carbonyl (C=O) groups is 1. The number of esters is 1. The van der Waals surface area contributed by atoms with Crippen LogP contribution in [0.3, 0.4) is 0 Å². The van der Waals surface area contributed by atoms with E-state index in [1.807, 2.05) is 17.8 Å². The number of ether oxygens (including phenoxy) is 2. The van der Waals surface area contributed by atoms with Crippen LogP contribution in [0.25, 0.3) is 0 Å². The molecule has 122 valence electrons. The van der Waals surface area contributed by atoms with Crippen molar-refractivity contribution in [1.82, 2.24) is 14.9 Å². The van der Waals surface area contributed by atoms with Crippen molar-refractivity contribution in [1.29, 1.82) is 0 Å². The molecule has 1 aliphatic heterocycles. The van der Waals surface area contributed by atoms with Crippen LogP contribution in [0.1, 0.15) is 31.5 Å². The number of aromatic nitrogens is 2. The average Bonchev–Trinajstić information content (AvgIpc) is 2.82. The van der Waals surface area contributed by atoms with Gasteiger partial charge in [0.1, 0.15) is 22.6 Å². The van der Waals surface area contributed by atoms with Gasteiger partial charge in [-0.05, 0) is 60.1 Å². The quantitative estimate of drug-likeness (QED) is 0.816. The first-order valence-electron chi connectivity index (χ1n) is 7.60. The van der Waals surface area contributed by atoms with E-state index in [2.05, 4.69) is 26.2 Å². The van der Waals surface area contributed by atoms with E-state index in [1.165, 1.54) is 7.11 Å². The standard InChI is InChI=1S/C15H22BrN3O3/c1-19-7-11(16)18-13(19)15(22-8-12(20)21-2)9-14(10-15)3-5-17-6-4-14/h7,17H,3-6,8-10H2,1-2H3. The van der Waals surface area contributed by atoms with Crippen molar-refractivity contribution in [2.75, 3.05) is 26.8 Å². The summed E-state index contributed by atoms with van der Waals surface area (Å²) in [6, 6.07) is 0. The van der Waals surface area contributed by atoms with Crippen molar-refractivity contribution < 1.29 is 14.3 Å². The minimum absolute atomic E-state index is 0.0324. The van der Waals surface area contributed by atoms with Gasteiger partial charge in [-0.3, -0.25) is 0 Å². The van der Waals surface area contributed by atoms with Crippen LogP contribution in [0.5, 0.6) is 0 Å². The number of rotatable bonds is 4. The fraction of sp³-hybridized carbons (Fsp3) is 0.733. The number of aryl methyl sites for hydroxylation is 1. The van der Waals surface area contributed by atoms with Crippen molar-refractivity contribution in [3.8, 4) is 0 Å². The molecule has 0 bridgehead atoms. The highest BCUT2D eigenvalue weighted by molar-refractivity contribution is 9.10. The van der Waals surface area contributed by atoms with Crippen molar-refractivity contribution in [2.24, 2.45) is 12.5 Å². The summed E-state index contributed by atoms with van der Waals surface area (Å²) in [5.41, 5.74) is -0.161. The summed E-state index contributed by atoms with van der Waals surface area (Å²) in [7, 11) is 3.34. The summed E-state index contributed by atoms with van der Waals surface area (Å²) < 4.78 is 13.5. The first kappa shape index (κ1) is 16.0. The summed E-state index contributed by atoms with van der Waals surface area (Å²) in [5.74, 6) is 0.534. The Labute approximate surface area is 138 Å². The molecule has 0 unspecified atom stereocenters. The summed E-state index contributed by atoms with van der Waals surface area (Å²) in [5, 5.41) is 3.41. The Morgan fingerprint density at radius 1 is 1.45 bits per heavy atom. The minimum atomic E-state index is -0.480. The van der Waals surface area contributed by atoms with Crippen LogP contribution in [0.4, 0.5) is 0 Å². The predicted molar refractivity (Wildman–Crippen MR) is 84.3 cm³/mol. The highest BCUT2D eigenvalue weighted by atomic mass is 79.9. The lowest BCUT2D eigenvalue weighted by Crippen LogP contribution is -2.56. The molecule has 0 radical (unpaired) electrons. The fourth-order valence-electron chi connectivity index (χ4n) is 3.90. The molecular weight excluding hydrogens is 350 g/mol. The second-order valence-electron chi connectivity index (χ2n) is 6.46. The van der Waals surface area contributed by atoms with E-state index in [1.54, 1.807) is 0 Å². The van der Waals surface area contributed by atoms with E-state index in [9.17, 15) is 4.79 Å². The Morgan fingerprint density at radius 2 is 2.14 bits per heavy atom. The average molecular weight is 372 g/mol. The van der Waals surface area contributed by atoms with Gasteiger partial charge in [0.15, 0.2) is 0 Å². The molecule has 0 atom stereocenters. The van der Waals surface area contributed by atoms with Crippen LogP contribution in [-0.2, 0) is 26.9 Å². The molecule has 1 saturated carbocycles. The number of hydrogen-bond acceptors (Lipinski definition) is 5. The van der Waals surface area contributed by atoms with E-state index in [-0.39, 0.29) is 12.6 Å². The zero-order chi connectivity index (χ0) is 15.8. The maximum absolute atomic E-state index is 11.5. The lowest BCUT2D eigenvalue weighted by molar-refractivity contribution is -0.200. The van der Waals surface area contributed by atoms with Crippen LogP contribution >= 0.6 is 15.9 Å². The molecule has 6 nitrogen and oxygen atoms in total.